The molecule has 14 heavy (non-hydrogen) atoms. The Balaban J connectivity index is 2.68. The number of nitrogens with two attached hydrogens (primary N) is 1. The molecule has 74 valence electrons. The molecule has 0 aliphatic carbocycles. The number of nitrogens with zero attached hydrogens (tertiary/aromatic N) is 1. The van der Waals surface area contributed by atoms with Crippen molar-refractivity contribution in [1.82, 2.24) is 0 Å². The number of aryl methyl sites for hydroxylation is 1. The Kier molecular flexibility index (Phi) is 1.89. The highest BCUT2D eigenvalue weighted by Gasteiger charge is 2.31. The van der Waals surface area contributed by atoms with Crippen LogP contribution in [0.3, 0.4) is 0 Å². The lowest BCUT2D eigenvalue weighted by atomic mass is 10.0. The van der Waals surface area contributed by atoms with Gasteiger partial charge in [-0.15, -0.1) is 0 Å². The van der Waals surface area contributed by atoms with Gasteiger partial charge in [0, 0.05) is 5.56 Å². The maximum absolute atomic E-state index is 10.8. The molecule has 0 bridgehead atoms. The van der Waals surface area contributed by atoms with E-state index in [1.807, 2.05) is 0 Å². The minimum atomic E-state index is -0.400. The molecule has 2 rings (SSSR count). The summed E-state index contributed by atoms with van der Waals surface area (Å²) in [4.78, 5) is 10.4. The van der Waals surface area contributed by atoms with E-state index >= 15 is 0 Å². The van der Waals surface area contributed by atoms with Gasteiger partial charge in [0.2, 0.25) is 0 Å². The fourth-order valence-corrected chi connectivity index (χ4v) is 1.69. The monoisotopic (exact) mass is 194 g/mol. The summed E-state index contributed by atoms with van der Waals surface area (Å²) in [6.45, 7) is 2.02. The first-order chi connectivity index (χ1) is 6.61. The predicted molar refractivity (Wildman–Crippen MR) is 50.3 cm³/mol. The van der Waals surface area contributed by atoms with E-state index in [9.17, 15) is 10.1 Å². The number of hydrogen-bond donors (Lipinski definition) is 1. The van der Waals surface area contributed by atoms with Gasteiger partial charge in [-0.25, -0.2) is 0 Å². The molecule has 0 radical (unpaired) electrons. The number of nitro groups is 1. The van der Waals surface area contributed by atoms with Crippen LogP contribution in [0.25, 0.3) is 0 Å². The minimum absolute atomic E-state index is 0.0903. The quantitative estimate of drug-likeness (QED) is 0.539. The van der Waals surface area contributed by atoms with Gasteiger partial charge in [-0.05, 0) is 19.1 Å². The third-order valence-electron chi connectivity index (χ3n) is 2.35. The maximum atomic E-state index is 10.8. The first-order valence-corrected chi connectivity index (χ1v) is 4.27. The Morgan fingerprint density at radius 3 is 3.00 bits per heavy atom. The van der Waals surface area contributed by atoms with Crippen molar-refractivity contribution in [2.75, 3.05) is 6.61 Å². The van der Waals surface area contributed by atoms with Crippen molar-refractivity contribution in [3.63, 3.8) is 0 Å². The summed E-state index contributed by atoms with van der Waals surface area (Å²) >= 11 is 0. The zero-order valence-electron chi connectivity index (χ0n) is 7.69. The SMILES string of the molecule is Cc1ccc2c(c1[N+](=O)[O-])[C@H](N)CO2. The third kappa shape index (κ3) is 1.13. The van der Waals surface area contributed by atoms with Gasteiger partial charge in [-0.2, -0.15) is 0 Å². The highest BCUT2D eigenvalue weighted by Crippen LogP contribution is 2.39. The van der Waals surface area contributed by atoms with E-state index in [0.717, 1.165) is 0 Å². The highest BCUT2D eigenvalue weighted by atomic mass is 16.6. The molecule has 1 atom stereocenters. The molecule has 1 aliphatic rings. The van der Waals surface area contributed by atoms with Crippen LogP contribution in [0.5, 0.6) is 5.75 Å². The normalized spacial score (nSPS) is 18.9. The number of ether oxygens (including phenoxy) is 1. The smallest absolute Gasteiger partial charge is 0.280 e. The number of rotatable bonds is 1. The van der Waals surface area contributed by atoms with Gasteiger partial charge in [0.15, 0.2) is 0 Å². The third-order valence-corrected chi connectivity index (χ3v) is 2.35. The lowest BCUT2D eigenvalue weighted by Gasteiger charge is -2.04. The van der Waals surface area contributed by atoms with E-state index in [-0.39, 0.29) is 11.7 Å². The van der Waals surface area contributed by atoms with Crippen molar-refractivity contribution < 1.29 is 9.66 Å². The largest absolute Gasteiger partial charge is 0.491 e. The molecule has 0 saturated carbocycles. The van der Waals surface area contributed by atoms with Crippen molar-refractivity contribution in [3.05, 3.63) is 33.4 Å². The zero-order chi connectivity index (χ0) is 10.3. The van der Waals surface area contributed by atoms with Crippen molar-refractivity contribution >= 4 is 5.69 Å². The lowest BCUT2D eigenvalue weighted by molar-refractivity contribution is -0.386. The molecule has 0 aromatic heterocycles. The average Bonchev–Trinajstić information content (AvgIpc) is 2.47. The standard InChI is InChI=1S/C9H10N2O3/c1-5-2-3-7-8(6(10)4-14-7)9(5)11(12)13/h2-3,6H,4,10H2,1H3/t6-/m1/s1. The van der Waals surface area contributed by atoms with Crippen molar-refractivity contribution in [1.29, 1.82) is 0 Å². The molecule has 1 heterocycles. The van der Waals surface area contributed by atoms with Crippen LogP contribution in [-0.4, -0.2) is 11.5 Å². The van der Waals surface area contributed by atoms with Crippen molar-refractivity contribution in [2.24, 2.45) is 5.73 Å². The van der Waals surface area contributed by atoms with Crippen molar-refractivity contribution in [2.45, 2.75) is 13.0 Å². The Labute approximate surface area is 80.6 Å². The summed E-state index contributed by atoms with van der Waals surface area (Å²) in [6, 6.07) is 3.02. The summed E-state index contributed by atoms with van der Waals surface area (Å²) in [7, 11) is 0. The number of benzene rings is 1. The van der Waals surface area contributed by atoms with Gasteiger partial charge in [0.1, 0.15) is 12.4 Å². The minimum Gasteiger partial charge on any atom is -0.491 e. The number of hydrogen-bond acceptors (Lipinski definition) is 4. The molecule has 1 aromatic carbocycles. The van der Waals surface area contributed by atoms with Crippen LogP contribution in [0, 0.1) is 17.0 Å². The van der Waals surface area contributed by atoms with Crippen molar-refractivity contribution in [3.8, 4) is 5.75 Å². The summed E-state index contributed by atoms with van der Waals surface area (Å²) < 4.78 is 5.23. The fourth-order valence-electron chi connectivity index (χ4n) is 1.69. The summed E-state index contributed by atoms with van der Waals surface area (Å²) in [5.74, 6) is 0.537. The van der Waals surface area contributed by atoms with E-state index in [4.69, 9.17) is 10.5 Å². The van der Waals surface area contributed by atoms with E-state index in [1.165, 1.54) is 0 Å². The summed E-state index contributed by atoms with van der Waals surface area (Å²) in [6.07, 6.45) is 0. The van der Waals surface area contributed by atoms with E-state index in [2.05, 4.69) is 0 Å². The highest BCUT2D eigenvalue weighted by molar-refractivity contribution is 5.57. The molecule has 5 heteroatoms. The van der Waals surface area contributed by atoms with Crippen LogP contribution in [0.1, 0.15) is 17.2 Å². The Morgan fingerprint density at radius 1 is 1.64 bits per heavy atom. The second-order valence-electron chi connectivity index (χ2n) is 3.32. The first kappa shape index (κ1) is 8.96. The summed E-state index contributed by atoms with van der Waals surface area (Å²) in [5.41, 5.74) is 6.96. The molecule has 0 saturated heterocycles. The topological polar surface area (TPSA) is 78.4 Å². The molecule has 5 nitrogen and oxygen atoms in total. The van der Waals surface area contributed by atoms with Gasteiger partial charge >= 0.3 is 0 Å². The van der Waals surface area contributed by atoms with Gasteiger partial charge in [-0.1, -0.05) is 0 Å². The van der Waals surface area contributed by atoms with E-state index in [0.29, 0.717) is 23.5 Å². The maximum Gasteiger partial charge on any atom is 0.280 e. The van der Waals surface area contributed by atoms with Gasteiger partial charge in [-0.3, -0.25) is 10.1 Å². The van der Waals surface area contributed by atoms with Crippen LogP contribution in [-0.2, 0) is 0 Å². The molecule has 0 fully saturated rings. The first-order valence-electron chi connectivity index (χ1n) is 4.27. The van der Waals surface area contributed by atoms with E-state index < -0.39 is 4.92 Å². The average molecular weight is 194 g/mol. The number of nitro benzene ring substituents is 1. The Hall–Kier alpha value is -1.62. The van der Waals surface area contributed by atoms with Gasteiger partial charge < -0.3 is 10.5 Å². The van der Waals surface area contributed by atoms with Crippen LogP contribution in [0.2, 0.25) is 0 Å². The molecule has 0 unspecified atom stereocenters. The number of fused-ring (bicyclic) bond motifs is 1. The molecular weight excluding hydrogens is 184 g/mol. The molecule has 2 N–H and O–H groups in total. The molecule has 0 amide bonds. The zero-order valence-corrected chi connectivity index (χ0v) is 7.69. The van der Waals surface area contributed by atoms with Crippen LogP contribution >= 0.6 is 0 Å². The molecule has 1 aliphatic heterocycles. The summed E-state index contributed by atoms with van der Waals surface area (Å²) in [5, 5.41) is 10.8. The predicted octanol–water partition coefficient (Wildman–Crippen LogP) is 1.30. The van der Waals surface area contributed by atoms with Crippen LogP contribution in [0.15, 0.2) is 12.1 Å². The van der Waals surface area contributed by atoms with E-state index in [1.54, 1.807) is 19.1 Å². The molecule has 1 aromatic rings. The molecule has 0 spiro atoms. The second-order valence-corrected chi connectivity index (χ2v) is 3.32. The Morgan fingerprint density at radius 2 is 2.36 bits per heavy atom. The lowest BCUT2D eigenvalue weighted by Crippen LogP contribution is -2.12. The van der Waals surface area contributed by atoms with Crippen LogP contribution in [0.4, 0.5) is 5.69 Å². The van der Waals surface area contributed by atoms with Gasteiger partial charge in [0.25, 0.3) is 5.69 Å². The van der Waals surface area contributed by atoms with Crippen LogP contribution < -0.4 is 10.5 Å². The Bertz CT molecular complexity index is 403. The second kappa shape index (κ2) is 2.95. The molecular formula is C9H10N2O3. The fraction of sp³-hybridized carbons (Fsp3) is 0.333. The van der Waals surface area contributed by atoms with Gasteiger partial charge in [0.05, 0.1) is 16.5 Å².